The molecule has 1 aliphatic heterocycles. The fraction of sp³-hybridized carbons (Fsp3) is 0.500. The zero-order valence-electron chi connectivity index (χ0n) is 10.1. The lowest BCUT2D eigenvalue weighted by Crippen LogP contribution is -2.38. The Morgan fingerprint density at radius 3 is 2.75 bits per heavy atom. The molecule has 1 aliphatic rings. The largest absolute Gasteiger partial charge is 0.394 e. The Morgan fingerprint density at radius 1 is 1.35 bits per heavy atom. The minimum absolute atomic E-state index is 0.0635. The maximum absolute atomic E-state index is 11.9. The number of fused-ring (bicyclic) bond motifs is 1. The fourth-order valence-corrected chi connectivity index (χ4v) is 2.29. The zero-order chi connectivity index (χ0) is 14.4. The van der Waals surface area contributed by atoms with Gasteiger partial charge in [-0.25, -0.2) is 9.36 Å². The first-order valence-electron chi connectivity index (χ1n) is 5.85. The summed E-state index contributed by atoms with van der Waals surface area (Å²) in [5, 5.41) is 34.9. The van der Waals surface area contributed by atoms with Crippen molar-refractivity contribution >= 4 is 11.0 Å². The molecule has 2 aromatic heterocycles. The standard InChI is InChI=1S/C10H12N4O6/c15-2-4-5(16)6(17)9(20-4)14-7-3(1-11-13-7)8(18)12-10(14)19/h1,4-6,9,15-17H,2H2,(H,11,13)(H,12,18,19)/t4-,5-,6+,9-/m1/s1. The van der Waals surface area contributed by atoms with E-state index in [4.69, 9.17) is 9.84 Å². The van der Waals surface area contributed by atoms with Gasteiger partial charge in [0.15, 0.2) is 6.23 Å². The summed E-state index contributed by atoms with van der Waals surface area (Å²) in [6, 6.07) is 0. The third kappa shape index (κ3) is 1.70. The van der Waals surface area contributed by atoms with Crippen molar-refractivity contribution in [1.82, 2.24) is 19.7 Å². The van der Waals surface area contributed by atoms with Crippen LogP contribution in [0, 0.1) is 0 Å². The van der Waals surface area contributed by atoms with Crippen molar-refractivity contribution < 1.29 is 20.1 Å². The molecule has 0 spiro atoms. The number of nitrogens with one attached hydrogen (secondary N) is 2. The lowest BCUT2D eigenvalue weighted by Gasteiger charge is -2.17. The van der Waals surface area contributed by atoms with Crippen LogP contribution < -0.4 is 11.2 Å². The first kappa shape index (κ1) is 13.0. The molecule has 0 aromatic carbocycles. The van der Waals surface area contributed by atoms with E-state index < -0.39 is 42.4 Å². The molecule has 0 unspecified atom stereocenters. The minimum atomic E-state index is -1.43. The highest BCUT2D eigenvalue weighted by Crippen LogP contribution is 2.29. The van der Waals surface area contributed by atoms with Crippen LogP contribution in [0.5, 0.6) is 0 Å². The molecule has 4 atom stereocenters. The van der Waals surface area contributed by atoms with E-state index in [2.05, 4.69) is 15.2 Å². The third-order valence-corrected chi connectivity index (χ3v) is 3.32. The van der Waals surface area contributed by atoms with E-state index in [1.54, 1.807) is 0 Å². The Kier molecular flexibility index (Phi) is 2.94. The van der Waals surface area contributed by atoms with Crippen molar-refractivity contribution in [3.8, 4) is 0 Å². The van der Waals surface area contributed by atoms with E-state index in [0.29, 0.717) is 0 Å². The van der Waals surface area contributed by atoms with Gasteiger partial charge in [-0.15, -0.1) is 0 Å². The van der Waals surface area contributed by atoms with Crippen LogP contribution >= 0.6 is 0 Å². The van der Waals surface area contributed by atoms with Crippen molar-refractivity contribution in [2.24, 2.45) is 0 Å². The van der Waals surface area contributed by atoms with E-state index in [0.717, 1.165) is 4.57 Å². The van der Waals surface area contributed by atoms with Gasteiger partial charge in [-0.2, -0.15) is 5.10 Å². The van der Waals surface area contributed by atoms with Gasteiger partial charge in [0.25, 0.3) is 5.56 Å². The molecule has 20 heavy (non-hydrogen) atoms. The number of nitrogens with zero attached hydrogens (tertiary/aromatic N) is 2. The molecular formula is C10H12N4O6. The molecule has 10 nitrogen and oxygen atoms in total. The smallest absolute Gasteiger partial charge is 0.332 e. The summed E-state index contributed by atoms with van der Waals surface area (Å²) in [7, 11) is 0. The Hall–Kier alpha value is -2.01. The normalized spacial score (nSPS) is 30.1. The number of aromatic amines is 2. The number of aliphatic hydroxyl groups is 3. The zero-order valence-corrected chi connectivity index (χ0v) is 10.1. The summed E-state index contributed by atoms with van der Waals surface area (Å²) in [6.45, 7) is -0.515. The van der Waals surface area contributed by atoms with Crippen molar-refractivity contribution in [3.05, 3.63) is 27.0 Å². The highest BCUT2D eigenvalue weighted by Gasteiger charge is 2.44. The number of aromatic nitrogens is 4. The molecule has 0 aliphatic carbocycles. The van der Waals surface area contributed by atoms with Crippen molar-refractivity contribution in [3.63, 3.8) is 0 Å². The summed E-state index contributed by atoms with van der Waals surface area (Å²) in [6.07, 6.45) is -3.81. The van der Waals surface area contributed by atoms with Crippen LogP contribution in [0.3, 0.4) is 0 Å². The van der Waals surface area contributed by atoms with E-state index >= 15 is 0 Å². The van der Waals surface area contributed by atoms with Crippen LogP contribution in [0.15, 0.2) is 15.8 Å². The van der Waals surface area contributed by atoms with Crippen molar-refractivity contribution in [1.29, 1.82) is 0 Å². The van der Waals surface area contributed by atoms with Gasteiger partial charge in [-0.05, 0) is 0 Å². The Balaban J connectivity index is 2.18. The molecule has 10 heteroatoms. The molecule has 0 saturated carbocycles. The van der Waals surface area contributed by atoms with Gasteiger partial charge in [-0.1, -0.05) is 0 Å². The fourth-order valence-electron chi connectivity index (χ4n) is 2.29. The molecule has 1 fully saturated rings. The number of hydrogen-bond donors (Lipinski definition) is 5. The highest BCUT2D eigenvalue weighted by molar-refractivity contribution is 5.72. The van der Waals surface area contributed by atoms with Crippen molar-refractivity contribution in [2.45, 2.75) is 24.5 Å². The summed E-state index contributed by atoms with van der Waals surface area (Å²) < 4.78 is 6.21. The topological polar surface area (TPSA) is 153 Å². The SMILES string of the molecule is O=c1[nH]c(=O)n([C@@H]2O[C@H](CO)[C@@H](O)[C@@H]2O)c2[nH]ncc12. The van der Waals surface area contributed by atoms with Gasteiger partial charge >= 0.3 is 5.69 Å². The van der Waals surface area contributed by atoms with E-state index in [1.807, 2.05) is 0 Å². The van der Waals surface area contributed by atoms with Gasteiger partial charge in [0.05, 0.1) is 12.8 Å². The monoisotopic (exact) mass is 284 g/mol. The second kappa shape index (κ2) is 4.52. The molecule has 3 rings (SSSR count). The average molecular weight is 284 g/mol. The Labute approximate surface area is 110 Å². The summed E-state index contributed by atoms with van der Waals surface area (Å²) in [4.78, 5) is 25.6. The van der Waals surface area contributed by atoms with Gasteiger partial charge in [0, 0.05) is 0 Å². The lowest BCUT2D eigenvalue weighted by molar-refractivity contribution is -0.0530. The molecule has 0 amide bonds. The van der Waals surface area contributed by atoms with Crippen LogP contribution in [-0.4, -0.2) is 60.0 Å². The van der Waals surface area contributed by atoms with Crippen LogP contribution in [0.2, 0.25) is 0 Å². The Bertz CT molecular complexity index is 748. The second-order valence-corrected chi connectivity index (χ2v) is 4.49. The molecule has 5 N–H and O–H groups in total. The molecule has 0 radical (unpaired) electrons. The van der Waals surface area contributed by atoms with E-state index in [-0.39, 0.29) is 11.0 Å². The number of hydrogen-bond acceptors (Lipinski definition) is 7. The lowest BCUT2D eigenvalue weighted by atomic mass is 10.1. The number of aliphatic hydroxyl groups excluding tert-OH is 3. The first-order chi connectivity index (χ1) is 9.54. The van der Waals surface area contributed by atoms with Crippen LogP contribution in [0.25, 0.3) is 11.0 Å². The summed E-state index contributed by atoms with van der Waals surface area (Å²) in [5.41, 5.74) is -1.38. The third-order valence-electron chi connectivity index (χ3n) is 3.32. The van der Waals surface area contributed by atoms with E-state index in [9.17, 15) is 19.8 Å². The van der Waals surface area contributed by atoms with Crippen LogP contribution in [0.1, 0.15) is 6.23 Å². The first-order valence-corrected chi connectivity index (χ1v) is 5.85. The Morgan fingerprint density at radius 2 is 2.10 bits per heavy atom. The minimum Gasteiger partial charge on any atom is -0.394 e. The molecule has 1 saturated heterocycles. The average Bonchev–Trinajstić information content (AvgIpc) is 2.99. The van der Waals surface area contributed by atoms with Crippen molar-refractivity contribution in [2.75, 3.05) is 6.61 Å². The molecule has 2 aromatic rings. The van der Waals surface area contributed by atoms with E-state index in [1.165, 1.54) is 6.20 Å². The highest BCUT2D eigenvalue weighted by atomic mass is 16.6. The van der Waals surface area contributed by atoms with Gasteiger partial charge < -0.3 is 20.1 Å². The maximum atomic E-state index is 11.9. The second-order valence-electron chi connectivity index (χ2n) is 4.49. The molecule has 0 bridgehead atoms. The number of ether oxygens (including phenoxy) is 1. The van der Waals surface area contributed by atoms with Crippen LogP contribution in [-0.2, 0) is 4.74 Å². The van der Waals surface area contributed by atoms with Gasteiger partial charge in [-0.3, -0.25) is 14.9 Å². The van der Waals surface area contributed by atoms with Crippen LogP contribution in [0.4, 0.5) is 0 Å². The molecule has 3 heterocycles. The summed E-state index contributed by atoms with van der Waals surface area (Å²) in [5.74, 6) is 0. The van der Waals surface area contributed by atoms with Gasteiger partial charge in [0.2, 0.25) is 0 Å². The molecular weight excluding hydrogens is 272 g/mol. The maximum Gasteiger partial charge on any atom is 0.332 e. The molecule has 108 valence electrons. The van der Waals surface area contributed by atoms with Gasteiger partial charge in [0.1, 0.15) is 29.3 Å². The predicted molar refractivity (Wildman–Crippen MR) is 64.0 cm³/mol. The number of rotatable bonds is 2. The summed E-state index contributed by atoms with van der Waals surface area (Å²) >= 11 is 0. The predicted octanol–water partition coefficient (Wildman–Crippen LogP) is -2.98. The quantitative estimate of drug-likeness (QED) is 0.394. The number of H-pyrrole nitrogens is 2.